The molecule has 5 nitrogen and oxygen atoms in total. The van der Waals surface area contributed by atoms with Gasteiger partial charge in [0, 0.05) is 17.7 Å². The van der Waals surface area contributed by atoms with Crippen LogP contribution in [0.15, 0.2) is 72.8 Å². The molecule has 0 fully saturated rings. The van der Waals surface area contributed by atoms with Gasteiger partial charge in [-0.2, -0.15) is 0 Å². The van der Waals surface area contributed by atoms with Crippen LogP contribution in [0, 0.1) is 11.6 Å². The minimum absolute atomic E-state index is 0. The molecule has 0 aliphatic heterocycles. The topological polar surface area (TPSA) is 63.7 Å². The number of nitrogens with zero attached hydrogens (tertiary/aromatic N) is 1. The second kappa shape index (κ2) is 14.3. The number of anilines is 1. The number of benzene rings is 3. The van der Waals surface area contributed by atoms with E-state index < -0.39 is 0 Å². The maximum atomic E-state index is 13.0. The van der Waals surface area contributed by atoms with Gasteiger partial charge in [0.2, 0.25) is 6.41 Å². The first kappa shape index (κ1) is 28.2. The van der Waals surface area contributed by atoms with Gasteiger partial charge in [-0.05, 0) is 72.6 Å². The second-order valence-corrected chi connectivity index (χ2v) is 6.98. The van der Waals surface area contributed by atoms with Gasteiger partial charge < -0.3 is 9.64 Å². The van der Waals surface area contributed by atoms with Crippen molar-refractivity contribution >= 4 is 24.4 Å². The molecule has 0 heterocycles. The fraction of sp³-hybridized carbons (Fsp3) is 0.222. The highest BCUT2D eigenvalue weighted by Gasteiger charge is 2.19. The molecule has 0 bridgehead atoms. The maximum absolute atomic E-state index is 13.0. The van der Waals surface area contributed by atoms with Crippen LogP contribution in [0.25, 0.3) is 0 Å². The smallest absolute Gasteiger partial charge is 0.298 e. The van der Waals surface area contributed by atoms with E-state index in [1.165, 1.54) is 36.4 Å². The Morgan fingerprint density at radius 3 is 1.85 bits per heavy atom. The lowest BCUT2D eigenvalue weighted by atomic mass is 10.0. The number of carbonyl (C=O) groups is 3. The van der Waals surface area contributed by atoms with E-state index in [1.54, 1.807) is 48.2 Å². The second-order valence-electron chi connectivity index (χ2n) is 6.98. The molecule has 34 heavy (non-hydrogen) atoms. The largest absolute Gasteiger partial charge is 0.429 e. The van der Waals surface area contributed by atoms with Gasteiger partial charge in [0.05, 0.1) is 6.04 Å². The van der Waals surface area contributed by atoms with Crippen LogP contribution in [0.1, 0.15) is 56.1 Å². The number of Topliss-reactive ketones (excluding diaryl/α,β-unsaturated/α-hetero) is 1. The third-order valence-electron chi connectivity index (χ3n) is 4.90. The van der Waals surface area contributed by atoms with Crippen molar-refractivity contribution in [2.24, 2.45) is 0 Å². The Morgan fingerprint density at radius 2 is 1.41 bits per heavy atom. The van der Waals surface area contributed by atoms with E-state index in [2.05, 4.69) is 0 Å². The van der Waals surface area contributed by atoms with Gasteiger partial charge in [-0.15, -0.1) is 0 Å². The zero-order valence-corrected chi connectivity index (χ0v) is 18.4. The number of rotatable bonds is 9. The Hall–Kier alpha value is -3.87. The third-order valence-corrected chi connectivity index (χ3v) is 4.90. The first-order valence-corrected chi connectivity index (χ1v) is 10.4. The summed E-state index contributed by atoms with van der Waals surface area (Å²) >= 11 is 0. The predicted molar refractivity (Wildman–Crippen MR) is 129 cm³/mol. The highest BCUT2D eigenvalue weighted by molar-refractivity contribution is 5.95. The van der Waals surface area contributed by atoms with Gasteiger partial charge >= 0.3 is 0 Å². The number of ketones is 1. The lowest BCUT2D eigenvalue weighted by molar-refractivity contribution is -0.120. The highest BCUT2D eigenvalue weighted by atomic mass is 19.1. The summed E-state index contributed by atoms with van der Waals surface area (Å²) in [6.07, 6.45) is 1.88. The van der Waals surface area contributed by atoms with Gasteiger partial charge in [-0.3, -0.25) is 14.4 Å². The molecule has 3 rings (SSSR count). The molecule has 7 heteroatoms. The van der Waals surface area contributed by atoms with Crippen LogP contribution in [0.5, 0.6) is 5.75 Å². The number of carbonyl (C=O) groups excluding carboxylic acids is 3. The van der Waals surface area contributed by atoms with Crippen molar-refractivity contribution in [3.63, 3.8) is 0 Å². The van der Waals surface area contributed by atoms with Crippen molar-refractivity contribution in [3.8, 4) is 5.75 Å². The van der Waals surface area contributed by atoms with Crippen molar-refractivity contribution in [3.05, 3.63) is 95.6 Å². The summed E-state index contributed by atoms with van der Waals surface area (Å²) in [7, 11) is 0. The van der Waals surface area contributed by atoms with Crippen LogP contribution in [0.3, 0.4) is 0 Å². The Labute approximate surface area is 199 Å². The molecule has 0 radical (unpaired) electrons. The lowest BCUT2D eigenvalue weighted by Crippen LogP contribution is -2.26. The monoisotopic (exact) mass is 469 g/mol. The SMILES string of the molecule is C.CCC(=O)c1ccc(F)cc1.CCC(c1ccc(OC=O)cc1)N(C=O)c1ccc(F)cc1. The minimum Gasteiger partial charge on any atom is -0.429 e. The fourth-order valence-corrected chi connectivity index (χ4v) is 3.18. The summed E-state index contributed by atoms with van der Waals surface area (Å²) in [4.78, 5) is 34.4. The van der Waals surface area contributed by atoms with E-state index in [1.807, 2.05) is 6.92 Å². The highest BCUT2D eigenvalue weighted by Crippen LogP contribution is 2.29. The molecule has 0 saturated heterocycles. The Morgan fingerprint density at radius 1 is 0.882 bits per heavy atom. The molecule has 0 N–H and O–H groups in total. The number of amides is 1. The lowest BCUT2D eigenvalue weighted by Gasteiger charge is -2.28. The molecule has 180 valence electrons. The van der Waals surface area contributed by atoms with Gasteiger partial charge in [-0.1, -0.05) is 33.4 Å². The zero-order valence-electron chi connectivity index (χ0n) is 18.4. The molecule has 0 spiro atoms. The number of halogens is 2. The van der Waals surface area contributed by atoms with Crippen LogP contribution in [0.4, 0.5) is 14.5 Å². The van der Waals surface area contributed by atoms with Gasteiger partial charge in [0.15, 0.2) is 5.78 Å². The molecular weight excluding hydrogens is 440 g/mol. The number of hydrogen-bond acceptors (Lipinski definition) is 4. The molecule has 0 aliphatic carbocycles. The average Bonchev–Trinajstić information content (AvgIpc) is 2.84. The normalized spacial score (nSPS) is 10.6. The molecule has 3 aromatic carbocycles. The van der Waals surface area contributed by atoms with Crippen LogP contribution < -0.4 is 9.64 Å². The molecule has 3 aromatic rings. The molecule has 1 atom stereocenters. The summed E-state index contributed by atoms with van der Waals surface area (Å²) in [5, 5.41) is 0. The van der Waals surface area contributed by atoms with Crippen molar-refractivity contribution in [2.45, 2.75) is 40.2 Å². The van der Waals surface area contributed by atoms with E-state index in [0.717, 1.165) is 12.0 Å². The summed E-state index contributed by atoms with van der Waals surface area (Å²) in [6, 6.07) is 18.1. The van der Waals surface area contributed by atoms with E-state index in [0.29, 0.717) is 36.3 Å². The fourth-order valence-electron chi connectivity index (χ4n) is 3.18. The van der Waals surface area contributed by atoms with Gasteiger partial charge in [0.25, 0.3) is 6.47 Å². The molecule has 0 saturated carbocycles. The van der Waals surface area contributed by atoms with Crippen LogP contribution in [-0.2, 0) is 9.59 Å². The molecule has 0 aromatic heterocycles. The van der Waals surface area contributed by atoms with Crippen LogP contribution >= 0.6 is 0 Å². The zero-order chi connectivity index (χ0) is 24.2. The minimum atomic E-state index is -0.349. The van der Waals surface area contributed by atoms with E-state index in [4.69, 9.17) is 4.74 Å². The average molecular weight is 470 g/mol. The van der Waals surface area contributed by atoms with Crippen molar-refractivity contribution in [2.75, 3.05) is 4.90 Å². The molecule has 1 unspecified atom stereocenters. The van der Waals surface area contributed by atoms with Gasteiger partial charge in [0.1, 0.15) is 17.4 Å². The van der Waals surface area contributed by atoms with E-state index in [-0.39, 0.29) is 30.9 Å². The Balaban J connectivity index is 0.000000407. The maximum Gasteiger partial charge on any atom is 0.298 e. The molecule has 1 amide bonds. The first-order valence-electron chi connectivity index (χ1n) is 10.4. The molecular formula is C27H29F2NO4. The van der Waals surface area contributed by atoms with Crippen LogP contribution in [-0.4, -0.2) is 18.7 Å². The predicted octanol–water partition coefficient (Wildman–Crippen LogP) is 6.53. The number of hydrogen-bond donors (Lipinski definition) is 0. The molecule has 0 aliphatic rings. The number of ether oxygens (including phenoxy) is 1. The van der Waals surface area contributed by atoms with Crippen molar-refractivity contribution in [1.82, 2.24) is 0 Å². The Bertz CT molecular complexity index is 1040. The summed E-state index contributed by atoms with van der Waals surface area (Å²) in [5.41, 5.74) is 2.10. The standard InChI is InChI=1S/C17H16FNO3.C9H9FO.CH4/c1-2-17(13-3-9-16(10-4-13)22-12-21)19(11-20)15-7-5-14(18)6-8-15;1-2-9(11)7-3-5-8(10)6-4-7;/h3-12,17H,2H2,1H3;3-6H,2H2,1H3;1H4. The summed E-state index contributed by atoms with van der Waals surface area (Å²) in [6.45, 7) is 4.11. The van der Waals surface area contributed by atoms with E-state index >= 15 is 0 Å². The van der Waals surface area contributed by atoms with Gasteiger partial charge in [-0.25, -0.2) is 8.78 Å². The third kappa shape index (κ3) is 7.92. The summed E-state index contributed by atoms with van der Waals surface area (Å²) < 4.78 is 30.1. The van der Waals surface area contributed by atoms with Crippen LogP contribution in [0.2, 0.25) is 0 Å². The first-order chi connectivity index (χ1) is 15.9. The summed E-state index contributed by atoms with van der Waals surface area (Å²) in [5.74, 6) is -0.172. The Kier molecular flexibility index (Phi) is 11.9. The quantitative estimate of drug-likeness (QED) is 0.264. The van der Waals surface area contributed by atoms with E-state index in [9.17, 15) is 23.2 Å². The van der Waals surface area contributed by atoms with Crippen molar-refractivity contribution < 1.29 is 27.9 Å². The van der Waals surface area contributed by atoms with Crippen molar-refractivity contribution in [1.29, 1.82) is 0 Å².